The summed E-state index contributed by atoms with van der Waals surface area (Å²) in [7, 11) is 0. The molecule has 0 unspecified atom stereocenters. The first-order chi connectivity index (χ1) is 8.49. The van der Waals surface area contributed by atoms with Gasteiger partial charge in [0.1, 0.15) is 5.82 Å². The number of halogens is 1. The van der Waals surface area contributed by atoms with Crippen molar-refractivity contribution in [3.8, 4) is 11.1 Å². The Balaban J connectivity index is 2.62. The minimum Gasteiger partial charge on any atom is -0.396 e. The highest BCUT2D eigenvalue weighted by molar-refractivity contribution is 5.77. The van der Waals surface area contributed by atoms with E-state index in [1.165, 1.54) is 24.4 Å². The topological polar surface area (TPSA) is 97.9 Å². The molecular formula is C12H11FN4O. The number of aromatic nitrogens is 1. The van der Waals surface area contributed by atoms with Crippen molar-refractivity contribution in [1.82, 2.24) is 4.57 Å². The summed E-state index contributed by atoms with van der Waals surface area (Å²) in [6, 6.07) is 6.45. The van der Waals surface area contributed by atoms with Crippen LogP contribution in [0.25, 0.3) is 11.1 Å². The molecule has 0 aliphatic rings. The average Bonchev–Trinajstić information content (AvgIpc) is 2.33. The van der Waals surface area contributed by atoms with Crippen LogP contribution in [0.15, 0.2) is 36.5 Å². The van der Waals surface area contributed by atoms with Gasteiger partial charge in [0.2, 0.25) is 0 Å². The Kier molecular flexibility index (Phi) is 2.85. The van der Waals surface area contributed by atoms with Crippen molar-refractivity contribution in [3.63, 3.8) is 0 Å². The van der Waals surface area contributed by atoms with Crippen LogP contribution in [0.4, 0.5) is 14.9 Å². The number of hydrogen-bond donors (Lipinski definition) is 3. The number of amides is 1. The monoisotopic (exact) mass is 246 g/mol. The minimum absolute atomic E-state index is 0.121. The third-order valence-corrected chi connectivity index (χ3v) is 2.51. The maximum atomic E-state index is 12.8. The molecule has 1 aromatic carbocycles. The van der Waals surface area contributed by atoms with Gasteiger partial charge in [-0.05, 0) is 23.8 Å². The van der Waals surface area contributed by atoms with E-state index in [9.17, 15) is 9.18 Å². The molecule has 0 bridgehead atoms. The molecule has 0 aliphatic carbocycles. The van der Waals surface area contributed by atoms with Crippen LogP contribution in [0.2, 0.25) is 0 Å². The second kappa shape index (κ2) is 4.33. The van der Waals surface area contributed by atoms with Crippen LogP contribution < -0.4 is 17.0 Å². The van der Waals surface area contributed by atoms with Gasteiger partial charge in [0.05, 0.1) is 5.69 Å². The second-order valence-electron chi connectivity index (χ2n) is 3.75. The Morgan fingerprint density at radius 1 is 1.22 bits per heavy atom. The van der Waals surface area contributed by atoms with Gasteiger partial charge in [-0.25, -0.2) is 9.18 Å². The third-order valence-electron chi connectivity index (χ3n) is 2.51. The first-order valence-corrected chi connectivity index (χ1v) is 5.11. The summed E-state index contributed by atoms with van der Waals surface area (Å²) in [5.74, 6) is -0.355. The molecule has 0 spiro atoms. The van der Waals surface area contributed by atoms with Gasteiger partial charge in [-0.15, -0.1) is 0 Å². The Bertz CT molecular complexity index is 661. The number of primary amides is 1. The van der Waals surface area contributed by atoms with Gasteiger partial charge in [0.15, 0.2) is 5.49 Å². The Morgan fingerprint density at radius 2 is 1.83 bits per heavy atom. The maximum absolute atomic E-state index is 12.8. The maximum Gasteiger partial charge on any atom is 0.324 e. The number of hydrogen-bond acceptors (Lipinski definition) is 3. The lowest BCUT2D eigenvalue weighted by Crippen LogP contribution is -2.32. The fourth-order valence-electron chi connectivity index (χ4n) is 1.59. The molecular weight excluding hydrogens is 235 g/mol. The SMILES string of the molecule is N=c1c(N)cc(-c2ccc(F)cc2)cn1C(N)=O. The van der Waals surface area contributed by atoms with Gasteiger partial charge in [-0.2, -0.15) is 0 Å². The van der Waals surface area contributed by atoms with E-state index in [-0.39, 0.29) is 17.0 Å². The number of nitrogens with one attached hydrogen (secondary N) is 1. The van der Waals surface area contributed by atoms with Gasteiger partial charge < -0.3 is 11.5 Å². The summed E-state index contributed by atoms with van der Waals surface area (Å²) in [4.78, 5) is 11.2. The fraction of sp³-hybridized carbons (Fsp3) is 0. The lowest BCUT2D eigenvalue weighted by molar-refractivity contribution is 0.249. The third kappa shape index (κ3) is 2.08. The number of pyridine rings is 1. The molecule has 1 amide bonds. The number of benzene rings is 1. The molecule has 0 fully saturated rings. The van der Waals surface area contributed by atoms with E-state index in [0.29, 0.717) is 11.1 Å². The number of carbonyl (C=O) groups is 1. The number of anilines is 1. The molecule has 2 rings (SSSR count). The van der Waals surface area contributed by atoms with Crippen LogP contribution in [0.5, 0.6) is 0 Å². The van der Waals surface area contributed by atoms with E-state index in [4.69, 9.17) is 16.9 Å². The Hall–Kier alpha value is -2.63. The lowest BCUT2D eigenvalue weighted by atomic mass is 10.1. The summed E-state index contributed by atoms with van der Waals surface area (Å²) in [5.41, 5.74) is 12.0. The molecule has 5 nitrogen and oxygen atoms in total. The molecule has 2 aromatic rings. The average molecular weight is 246 g/mol. The van der Waals surface area contributed by atoms with Crippen molar-refractivity contribution < 1.29 is 9.18 Å². The summed E-state index contributed by atoms with van der Waals surface area (Å²) in [5, 5.41) is 7.60. The van der Waals surface area contributed by atoms with Crippen molar-refractivity contribution >= 4 is 11.7 Å². The molecule has 6 heteroatoms. The van der Waals surface area contributed by atoms with Crippen molar-refractivity contribution in [2.45, 2.75) is 0 Å². The lowest BCUT2D eigenvalue weighted by Gasteiger charge is -2.08. The number of rotatable bonds is 1. The van der Waals surface area contributed by atoms with Crippen LogP contribution >= 0.6 is 0 Å². The van der Waals surface area contributed by atoms with Gasteiger partial charge in [0.25, 0.3) is 0 Å². The zero-order chi connectivity index (χ0) is 13.3. The molecule has 1 heterocycles. The molecule has 18 heavy (non-hydrogen) atoms. The van der Waals surface area contributed by atoms with Crippen molar-refractivity contribution in [1.29, 1.82) is 5.41 Å². The number of nitrogens with two attached hydrogens (primary N) is 2. The predicted octanol–water partition coefficient (Wildman–Crippen LogP) is 1.28. The minimum atomic E-state index is -0.796. The quantitative estimate of drug-likeness (QED) is 0.706. The van der Waals surface area contributed by atoms with E-state index in [1.54, 1.807) is 12.1 Å². The molecule has 92 valence electrons. The molecule has 5 N–H and O–H groups in total. The van der Waals surface area contributed by atoms with Crippen LogP contribution in [0.3, 0.4) is 0 Å². The smallest absolute Gasteiger partial charge is 0.324 e. The highest BCUT2D eigenvalue weighted by atomic mass is 19.1. The summed E-state index contributed by atoms with van der Waals surface area (Å²) in [6.07, 6.45) is 1.40. The fourth-order valence-corrected chi connectivity index (χ4v) is 1.59. The van der Waals surface area contributed by atoms with Gasteiger partial charge in [-0.1, -0.05) is 12.1 Å². The number of nitrogen functional groups attached to an aromatic ring is 1. The molecule has 0 radical (unpaired) electrons. The predicted molar refractivity (Wildman–Crippen MR) is 65.1 cm³/mol. The molecule has 0 saturated carbocycles. The van der Waals surface area contributed by atoms with Crippen LogP contribution in [0, 0.1) is 11.2 Å². The highest BCUT2D eigenvalue weighted by Gasteiger charge is 2.07. The van der Waals surface area contributed by atoms with E-state index in [0.717, 1.165) is 4.57 Å². The number of nitrogens with zero attached hydrogens (tertiary/aromatic N) is 1. The molecule has 0 aliphatic heterocycles. The van der Waals surface area contributed by atoms with E-state index in [1.807, 2.05) is 0 Å². The summed E-state index contributed by atoms with van der Waals surface area (Å²) >= 11 is 0. The normalized spacial score (nSPS) is 10.3. The van der Waals surface area contributed by atoms with Crippen molar-refractivity contribution in [3.05, 3.63) is 47.8 Å². The van der Waals surface area contributed by atoms with Crippen molar-refractivity contribution in [2.24, 2.45) is 5.73 Å². The van der Waals surface area contributed by atoms with Gasteiger partial charge >= 0.3 is 6.03 Å². The summed E-state index contributed by atoms with van der Waals surface area (Å²) in [6.45, 7) is 0. The zero-order valence-corrected chi connectivity index (χ0v) is 9.35. The van der Waals surface area contributed by atoms with Crippen LogP contribution in [-0.4, -0.2) is 10.6 Å². The molecule has 1 aromatic heterocycles. The van der Waals surface area contributed by atoms with Gasteiger partial charge in [0, 0.05) is 11.8 Å². The highest BCUT2D eigenvalue weighted by Crippen LogP contribution is 2.19. The van der Waals surface area contributed by atoms with E-state index >= 15 is 0 Å². The Labute approximate surface area is 102 Å². The Morgan fingerprint density at radius 3 is 2.39 bits per heavy atom. The first-order valence-electron chi connectivity index (χ1n) is 5.11. The summed E-state index contributed by atoms with van der Waals surface area (Å²) < 4.78 is 13.8. The zero-order valence-electron chi connectivity index (χ0n) is 9.35. The number of carbonyl (C=O) groups excluding carboxylic acids is 1. The van der Waals surface area contributed by atoms with E-state index in [2.05, 4.69) is 0 Å². The second-order valence-corrected chi connectivity index (χ2v) is 3.75. The largest absolute Gasteiger partial charge is 0.396 e. The van der Waals surface area contributed by atoms with Gasteiger partial charge in [-0.3, -0.25) is 9.98 Å². The standard InChI is InChI=1S/C12H11FN4O/c13-9-3-1-7(2-4-9)8-5-10(14)11(15)17(6-8)12(16)18/h1-6,15H,14H2,(H2,16,18). The van der Waals surface area contributed by atoms with Crippen molar-refractivity contribution in [2.75, 3.05) is 5.73 Å². The molecule has 0 atom stereocenters. The molecule has 0 saturated heterocycles. The van der Waals surface area contributed by atoms with Crippen LogP contribution in [-0.2, 0) is 0 Å². The van der Waals surface area contributed by atoms with E-state index < -0.39 is 6.03 Å². The van der Waals surface area contributed by atoms with Crippen LogP contribution in [0.1, 0.15) is 0 Å². The first kappa shape index (κ1) is 11.8.